The number of halogens is 1. The summed E-state index contributed by atoms with van der Waals surface area (Å²) >= 11 is 6.46. The highest BCUT2D eigenvalue weighted by Crippen LogP contribution is 2.42. The summed E-state index contributed by atoms with van der Waals surface area (Å²) < 4.78 is 39.0. The number of amides is 3. The van der Waals surface area contributed by atoms with Crippen molar-refractivity contribution in [2.45, 2.75) is 76.5 Å². The number of carbonyl (C=O) groups excluding carboxylic acids is 2. The fraction of sp³-hybridized carbons (Fsp3) is 0.568. The first-order valence-electron chi connectivity index (χ1n) is 17.5. The fourth-order valence-electron chi connectivity index (χ4n) is 7.32. The summed E-state index contributed by atoms with van der Waals surface area (Å²) in [5.41, 5.74) is 2.98. The molecular weight excluding hydrogens is 664 g/mol. The topological polar surface area (TPSA) is 119 Å². The number of nitrogens with zero attached hydrogens (tertiary/aromatic N) is 2. The van der Waals surface area contributed by atoms with E-state index in [2.05, 4.69) is 43.6 Å². The lowest BCUT2D eigenvalue weighted by Crippen LogP contribution is -2.48. The number of hydrogen-bond donors (Lipinski definition) is 2. The van der Waals surface area contributed by atoms with Crippen molar-refractivity contribution < 1.29 is 28.0 Å². The maximum Gasteiger partial charge on any atom is 0.327 e. The van der Waals surface area contributed by atoms with Crippen molar-refractivity contribution in [2.75, 3.05) is 44.6 Å². The Morgan fingerprint density at radius 2 is 1.98 bits per heavy atom. The first kappa shape index (κ1) is 35.7. The number of ether oxygens (including phenoxy) is 3. The lowest BCUT2D eigenvalue weighted by Gasteiger charge is -2.43. The van der Waals surface area contributed by atoms with Crippen LogP contribution in [0.1, 0.15) is 73.4 Å². The van der Waals surface area contributed by atoms with Crippen LogP contribution in [0.5, 0.6) is 5.75 Å². The first-order chi connectivity index (χ1) is 23.6. The Balaban J connectivity index is 1.41. The van der Waals surface area contributed by atoms with Crippen molar-refractivity contribution in [1.82, 2.24) is 10.0 Å². The molecule has 2 N–H and O–H groups in total. The number of allylic oxidation sites excluding steroid dienone is 1. The number of carbonyl (C=O) groups is 2. The minimum absolute atomic E-state index is 0.0109. The van der Waals surface area contributed by atoms with Gasteiger partial charge in [0.05, 0.1) is 36.3 Å². The molecule has 0 spiro atoms. The molecule has 12 heteroatoms. The monoisotopic (exact) mass is 712 g/mol. The maximum absolute atomic E-state index is 14.4. The second kappa shape index (κ2) is 15.4. The molecule has 0 unspecified atom stereocenters. The zero-order valence-electron chi connectivity index (χ0n) is 28.8. The Hall–Kier alpha value is -3.12. The van der Waals surface area contributed by atoms with E-state index < -0.39 is 27.4 Å². The number of methoxy groups -OCH3 is 2. The van der Waals surface area contributed by atoms with Gasteiger partial charge >= 0.3 is 6.03 Å². The molecule has 0 radical (unpaired) electrons. The molecule has 2 bridgehead atoms. The fourth-order valence-corrected chi connectivity index (χ4v) is 9.34. The van der Waals surface area contributed by atoms with Crippen LogP contribution >= 0.6 is 11.6 Å². The van der Waals surface area contributed by atoms with Crippen LogP contribution < -0.4 is 19.7 Å². The minimum Gasteiger partial charge on any atom is -0.491 e. The molecule has 3 amide bonds. The normalized spacial score (nSPS) is 29.0. The van der Waals surface area contributed by atoms with Crippen molar-refractivity contribution >= 4 is 39.1 Å². The quantitative estimate of drug-likeness (QED) is 0.331. The average molecular weight is 713 g/mol. The minimum atomic E-state index is -3.51. The summed E-state index contributed by atoms with van der Waals surface area (Å²) in [5.74, 6) is 0.607. The highest BCUT2D eigenvalue weighted by Gasteiger charge is 2.44. The van der Waals surface area contributed by atoms with Crippen LogP contribution in [0.4, 0.5) is 10.5 Å². The third-order valence-electron chi connectivity index (χ3n) is 10.3. The van der Waals surface area contributed by atoms with Gasteiger partial charge in [0.1, 0.15) is 15.7 Å². The zero-order chi connectivity index (χ0) is 34.6. The molecule has 6 rings (SSSR count). The number of aryl methyl sites for hydroxylation is 1. The molecule has 2 aromatic rings. The van der Waals surface area contributed by atoms with Crippen LogP contribution in [0, 0.1) is 17.8 Å². The number of urea groups is 1. The van der Waals surface area contributed by atoms with Gasteiger partial charge in [0.2, 0.25) is 0 Å². The zero-order valence-corrected chi connectivity index (χ0v) is 30.3. The van der Waals surface area contributed by atoms with Crippen LogP contribution in [0.25, 0.3) is 0 Å². The van der Waals surface area contributed by atoms with Crippen molar-refractivity contribution in [2.24, 2.45) is 22.1 Å². The average Bonchev–Trinajstić information content (AvgIpc) is 3.80. The Bertz CT molecular complexity index is 1690. The van der Waals surface area contributed by atoms with Crippen LogP contribution in [0.15, 0.2) is 52.9 Å². The van der Waals surface area contributed by atoms with E-state index in [1.165, 1.54) is 11.1 Å². The van der Waals surface area contributed by atoms with Crippen LogP contribution in [0.2, 0.25) is 5.02 Å². The van der Waals surface area contributed by atoms with E-state index in [-0.39, 0.29) is 23.3 Å². The largest absolute Gasteiger partial charge is 0.491 e. The number of nitrogens with one attached hydrogen (secondary N) is 2. The Morgan fingerprint density at radius 1 is 1.14 bits per heavy atom. The molecule has 2 fully saturated rings. The van der Waals surface area contributed by atoms with Crippen molar-refractivity contribution in [1.29, 1.82) is 0 Å². The van der Waals surface area contributed by atoms with Gasteiger partial charge in [-0.25, -0.2) is 9.00 Å². The number of rotatable bonds is 5. The second-order valence-electron chi connectivity index (χ2n) is 14.2. The van der Waals surface area contributed by atoms with Gasteiger partial charge in [0.15, 0.2) is 0 Å². The van der Waals surface area contributed by atoms with E-state index in [1.807, 2.05) is 25.1 Å². The molecule has 2 aromatic carbocycles. The summed E-state index contributed by atoms with van der Waals surface area (Å²) in [6.45, 7) is 4.18. The molecular formula is C37H49ClN4O6S. The predicted molar refractivity (Wildman–Crippen MR) is 193 cm³/mol. The van der Waals surface area contributed by atoms with E-state index in [1.54, 1.807) is 20.3 Å². The highest BCUT2D eigenvalue weighted by atomic mass is 35.5. The second-order valence-corrected chi connectivity index (χ2v) is 16.7. The van der Waals surface area contributed by atoms with E-state index in [0.717, 1.165) is 57.2 Å². The summed E-state index contributed by atoms with van der Waals surface area (Å²) in [5, 5.41) is 3.62. The lowest BCUT2D eigenvalue weighted by molar-refractivity contribution is 0.0133. The maximum atomic E-state index is 14.4. The Labute approximate surface area is 295 Å². The highest BCUT2D eigenvalue weighted by molar-refractivity contribution is 7.92. The van der Waals surface area contributed by atoms with E-state index in [9.17, 15) is 13.8 Å². The predicted octanol–water partition coefficient (Wildman–Crippen LogP) is 6.70. The smallest absolute Gasteiger partial charge is 0.327 e. The van der Waals surface area contributed by atoms with Crippen molar-refractivity contribution in [3.05, 3.63) is 70.3 Å². The van der Waals surface area contributed by atoms with Gasteiger partial charge in [-0.1, -0.05) is 36.7 Å². The first-order valence-corrected chi connectivity index (χ1v) is 19.5. The van der Waals surface area contributed by atoms with Gasteiger partial charge < -0.3 is 24.4 Å². The standard InChI is InChI=1S/C37H49ClN4O6S/c1-25-7-6-9-33(47-3)31-14-11-29(31)22-42-21-28-10-13-30(38)19-26(28)8-4-5-18-48-34-15-12-27(20-32(34)42)35(43)40-49(45,23-25)41-36(44)39-37(16-17-37)24-46-2/h6,9-10,12-13,15,19-20,25,29,31,33H,4-5,7-8,11,14,16-18,21-24H2,1-3H3,(H2,39,40,41,43,44,45)/b9-6+/t25-,29-,31+,33-,49-/m0/s1. The molecule has 2 aliphatic carbocycles. The molecule has 2 aliphatic heterocycles. The molecule has 0 saturated heterocycles. The molecule has 266 valence electrons. The molecule has 2 saturated carbocycles. The van der Waals surface area contributed by atoms with Gasteiger partial charge in [-0.2, -0.15) is 0 Å². The van der Waals surface area contributed by atoms with E-state index >= 15 is 0 Å². The lowest BCUT2D eigenvalue weighted by atomic mass is 9.70. The van der Waals surface area contributed by atoms with Crippen molar-refractivity contribution in [3.63, 3.8) is 0 Å². The number of anilines is 1. The summed E-state index contributed by atoms with van der Waals surface area (Å²) in [6.07, 6.45) is 11.1. The van der Waals surface area contributed by atoms with Crippen LogP contribution in [-0.4, -0.2) is 67.5 Å². The van der Waals surface area contributed by atoms with E-state index in [0.29, 0.717) is 48.8 Å². The van der Waals surface area contributed by atoms with Crippen molar-refractivity contribution in [3.8, 4) is 5.75 Å². The van der Waals surface area contributed by atoms with Gasteiger partial charge in [-0.15, -0.1) is 4.36 Å². The van der Waals surface area contributed by atoms with Crippen LogP contribution in [-0.2, 0) is 32.4 Å². The number of fused-ring (bicyclic) bond motifs is 3. The Kier molecular flexibility index (Phi) is 11.2. The van der Waals surface area contributed by atoms with Gasteiger partial charge in [0.25, 0.3) is 5.91 Å². The third-order valence-corrected chi connectivity index (χ3v) is 12.5. The SMILES string of the molecule is COCC1(NC(=O)N[S@@]2(=O)=NC(=O)c3ccc4c(c3)N(Cc3ccc(Cl)cc3CCCCO4)C[C@@H]3CC[C@H]3[C@@H](OC)/C=C/C[C@H](C)C2)CC1. The summed E-state index contributed by atoms with van der Waals surface area (Å²) in [4.78, 5) is 29.4. The van der Waals surface area contributed by atoms with Gasteiger partial charge in [0, 0.05) is 37.9 Å². The summed E-state index contributed by atoms with van der Waals surface area (Å²) in [7, 11) is -0.172. The summed E-state index contributed by atoms with van der Waals surface area (Å²) in [6, 6.07) is 10.8. The molecule has 4 aliphatic rings. The number of hydrogen-bond acceptors (Lipinski definition) is 7. The molecule has 0 aromatic heterocycles. The third kappa shape index (κ3) is 8.79. The number of benzene rings is 2. The van der Waals surface area contributed by atoms with Gasteiger partial charge in [-0.05, 0) is 111 Å². The molecule has 5 atom stereocenters. The van der Waals surface area contributed by atoms with E-state index in [4.69, 9.17) is 25.8 Å². The molecule has 2 heterocycles. The molecule has 10 nitrogen and oxygen atoms in total. The van der Waals surface area contributed by atoms with Gasteiger partial charge in [-0.3, -0.25) is 9.52 Å². The Morgan fingerprint density at radius 3 is 2.71 bits per heavy atom. The van der Waals surface area contributed by atoms with Crippen LogP contribution in [0.3, 0.4) is 0 Å². The molecule has 49 heavy (non-hydrogen) atoms.